The monoisotopic (exact) mass is 612 g/mol. The Morgan fingerprint density at radius 1 is 1.12 bits per heavy atom. The van der Waals surface area contributed by atoms with Gasteiger partial charge in [-0.3, -0.25) is 14.4 Å². The van der Waals surface area contributed by atoms with E-state index >= 15 is 0 Å². The number of primary amides is 1. The van der Waals surface area contributed by atoms with Crippen molar-refractivity contribution in [1.29, 1.82) is 0 Å². The molecule has 1 aliphatic rings. The van der Waals surface area contributed by atoms with E-state index < -0.39 is 46.9 Å². The van der Waals surface area contributed by atoms with Gasteiger partial charge in [0.25, 0.3) is 0 Å². The Morgan fingerprint density at radius 2 is 1.74 bits per heavy atom. The molecule has 240 valence electrons. The number of carbonyl (C=O) groups is 3. The summed E-state index contributed by atoms with van der Waals surface area (Å²) in [6.07, 6.45) is -2.44. The molecule has 0 spiro atoms. The number of nitrogens with two attached hydrogens (primary N) is 2. The SMILES string of the molecule is CCCN(CCC)C(=O)C1=CC(C(N)=O)=CC(C[C@@H](O)[C@@H](N)Cc2cc(F)cc(C(F)(F)F)c2)(C(=O)NCCC(C)C)C1. The first kappa shape index (κ1) is 35.9. The lowest BCUT2D eigenvalue weighted by atomic mass is 9.70. The average molecular weight is 613 g/mol. The number of nitrogens with zero attached hydrogens (tertiary/aromatic N) is 1. The fourth-order valence-electron chi connectivity index (χ4n) is 5.19. The zero-order valence-electron chi connectivity index (χ0n) is 25.3. The summed E-state index contributed by atoms with van der Waals surface area (Å²) in [7, 11) is 0. The minimum Gasteiger partial charge on any atom is -0.391 e. The highest BCUT2D eigenvalue weighted by Gasteiger charge is 2.44. The highest BCUT2D eigenvalue weighted by atomic mass is 19.4. The van der Waals surface area contributed by atoms with Gasteiger partial charge in [0.05, 0.1) is 17.1 Å². The molecule has 0 aliphatic heterocycles. The first-order valence-corrected chi connectivity index (χ1v) is 14.6. The number of aliphatic hydroxyl groups is 1. The van der Waals surface area contributed by atoms with Gasteiger partial charge in [-0.1, -0.05) is 33.8 Å². The predicted octanol–water partition coefficient (Wildman–Crippen LogP) is 4.00. The van der Waals surface area contributed by atoms with E-state index in [0.29, 0.717) is 38.4 Å². The van der Waals surface area contributed by atoms with Crippen LogP contribution in [0.25, 0.3) is 0 Å². The van der Waals surface area contributed by atoms with Crippen molar-refractivity contribution < 1.29 is 37.1 Å². The topological polar surface area (TPSA) is 139 Å². The molecule has 2 rings (SSSR count). The van der Waals surface area contributed by atoms with Crippen molar-refractivity contribution >= 4 is 17.7 Å². The quantitative estimate of drug-likeness (QED) is 0.222. The van der Waals surface area contributed by atoms with Gasteiger partial charge in [-0.05, 0) is 74.3 Å². The van der Waals surface area contributed by atoms with Crippen LogP contribution in [0, 0.1) is 17.2 Å². The molecule has 1 aliphatic carbocycles. The van der Waals surface area contributed by atoms with Gasteiger partial charge in [0.15, 0.2) is 0 Å². The third-order valence-electron chi connectivity index (χ3n) is 7.38. The van der Waals surface area contributed by atoms with Crippen molar-refractivity contribution in [3.8, 4) is 0 Å². The van der Waals surface area contributed by atoms with Crippen LogP contribution in [0.5, 0.6) is 0 Å². The van der Waals surface area contributed by atoms with E-state index in [2.05, 4.69) is 5.32 Å². The van der Waals surface area contributed by atoms with Crippen LogP contribution in [0.3, 0.4) is 0 Å². The van der Waals surface area contributed by atoms with Gasteiger partial charge in [0, 0.05) is 36.8 Å². The Morgan fingerprint density at radius 3 is 2.28 bits per heavy atom. The van der Waals surface area contributed by atoms with Crippen LogP contribution in [0.1, 0.15) is 70.9 Å². The van der Waals surface area contributed by atoms with Gasteiger partial charge in [0.2, 0.25) is 17.7 Å². The van der Waals surface area contributed by atoms with Crippen LogP contribution >= 0.6 is 0 Å². The molecule has 1 aromatic carbocycles. The summed E-state index contributed by atoms with van der Waals surface area (Å²) >= 11 is 0. The molecule has 1 unspecified atom stereocenters. The number of amides is 3. The molecule has 0 aromatic heterocycles. The molecule has 1 aromatic rings. The minimum absolute atomic E-state index is 0.0812. The Balaban J connectivity index is 2.48. The number of rotatable bonds is 15. The summed E-state index contributed by atoms with van der Waals surface area (Å²) < 4.78 is 53.7. The molecular formula is C31H44F4N4O4. The third-order valence-corrected chi connectivity index (χ3v) is 7.38. The molecule has 3 amide bonds. The summed E-state index contributed by atoms with van der Waals surface area (Å²) in [5.74, 6) is -2.64. The largest absolute Gasteiger partial charge is 0.416 e. The number of aliphatic hydroxyl groups excluding tert-OH is 1. The fraction of sp³-hybridized carbons (Fsp3) is 0.581. The van der Waals surface area contributed by atoms with Gasteiger partial charge < -0.3 is 26.8 Å². The van der Waals surface area contributed by atoms with Crippen LogP contribution in [0.2, 0.25) is 0 Å². The second-order valence-corrected chi connectivity index (χ2v) is 11.7. The number of hydrogen-bond acceptors (Lipinski definition) is 5. The number of benzene rings is 1. The lowest BCUT2D eigenvalue weighted by Gasteiger charge is -2.37. The second kappa shape index (κ2) is 15.5. The van der Waals surface area contributed by atoms with E-state index in [0.717, 1.165) is 12.1 Å². The number of carbonyl (C=O) groups excluding carboxylic acids is 3. The van der Waals surface area contributed by atoms with Crippen molar-refractivity contribution in [3.63, 3.8) is 0 Å². The molecule has 12 heteroatoms. The molecule has 0 heterocycles. The third kappa shape index (κ3) is 10.2. The number of alkyl halides is 3. The Kier molecular flexibility index (Phi) is 12.9. The maximum atomic E-state index is 14.0. The lowest BCUT2D eigenvalue weighted by Crippen LogP contribution is -2.49. The molecule has 0 fully saturated rings. The number of halogens is 4. The van der Waals surface area contributed by atoms with E-state index in [1.165, 1.54) is 12.2 Å². The van der Waals surface area contributed by atoms with Crippen molar-refractivity contribution in [2.75, 3.05) is 19.6 Å². The van der Waals surface area contributed by atoms with Crippen molar-refractivity contribution in [1.82, 2.24) is 10.2 Å². The van der Waals surface area contributed by atoms with Crippen molar-refractivity contribution in [3.05, 3.63) is 58.4 Å². The molecular weight excluding hydrogens is 568 g/mol. The van der Waals surface area contributed by atoms with E-state index in [4.69, 9.17) is 11.5 Å². The Labute approximate surface area is 250 Å². The normalized spacial score (nSPS) is 18.5. The molecule has 3 atom stereocenters. The summed E-state index contributed by atoms with van der Waals surface area (Å²) in [6, 6.07) is 0.809. The molecule has 0 bridgehead atoms. The van der Waals surface area contributed by atoms with E-state index in [-0.39, 0.29) is 54.3 Å². The van der Waals surface area contributed by atoms with Gasteiger partial charge in [-0.25, -0.2) is 4.39 Å². The van der Waals surface area contributed by atoms with Crippen LogP contribution in [0.15, 0.2) is 41.5 Å². The summed E-state index contributed by atoms with van der Waals surface area (Å²) in [5.41, 5.74) is 9.00. The standard InChI is InChI=1S/C31H44F4N4O4/c1-5-9-39(10-6-2)28(42)22-14-21(27(37)41)16-30(17-22,29(43)38-8-7-19(3)4)18-26(40)25(36)13-20-11-23(31(33,34)35)15-24(32)12-20/h11-12,14-16,19,25-26,40H,5-10,13,17-18,36H2,1-4H3,(H2,37,41)(H,38,43)/t25-,26+,30?/m0/s1. The van der Waals surface area contributed by atoms with Gasteiger partial charge in [0.1, 0.15) is 5.82 Å². The first-order valence-electron chi connectivity index (χ1n) is 14.6. The maximum absolute atomic E-state index is 14.0. The van der Waals surface area contributed by atoms with Crippen LogP contribution in [-0.2, 0) is 27.0 Å². The molecule has 43 heavy (non-hydrogen) atoms. The van der Waals surface area contributed by atoms with Crippen LogP contribution < -0.4 is 16.8 Å². The Bertz CT molecular complexity index is 1210. The highest BCUT2D eigenvalue weighted by Crippen LogP contribution is 2.40. The molecule has 0 saturated heterocycles. The molecule has 0 saturated carbocycles. The average Bonchev–Trinajstić information content (AvgIpc) is 2.91. The lowest BCUT2D eigenvalue weighted by molar-refractivity contribution is -0.138. The van der Waals surface area contributed by atoms with Crippen LogP contribution in [-0.4, -0.2) is 59.5 Å². The zero-order valence-corrected chi connectivity index (χ0v) is 25.3. The molecule has 6 N–H and O–H groups in total. The smallest absolute Gasteiger partial charge is 0.391 e. The number of nitrogens with one attached hydrogen (secondary N) is 1. The van der Waals surface area contributed by atoms with Crippen LogP contribution in [0.4, 0.5) is 17.6 Å². The number of hydrogen-bond donors (Lipinski definition) is 4. The van der Waals surface area contributed by atoms with Gasteiger partial charge >= 0.3 is 6.18 Å². The zero-order chi connectivity index (χ0) is 32.5. The predicted molar refractivity (Wildman–Crippen MR) is 156 cm³/mol. The minimum atomic E-state index is -4.78. The maximum Gasteiger partial charge on any atom is 0.416 e. The summed E-state index contributed by atoms with van der Waals surface area (Å²) in [4.78, 5) is 41.4. The van der Waals surface area contributed by atoms with Crippen molar-refractivity contribution in [2.24, 2.45) is 22.8 Å². The summed E-state index contributed by atoms with van der Waals surface area (Å²) in [5, 5.41) is 14.0. The van der Waals surface area contributed by atoms with E-state index in [9.17, 15) is 37.1 Å². The first-order chi connectivity index (χ1) is 20.0. The van der Waals surface area contributed by atoms with E-state index in [1.54, 1.807) is 4.90 Å². The second-order valence-electron chi connectivity index (χ2n) is 11.7. The fourth-order valence-corrected chi connectivity index (χ4v) is 5.19. The summed E-state index contributed by atoms with van der Waals surface area (Å²) in [6.45, 7) is 8.98. The van der Waals surface area contributed by atoms with E-state index in [1.807, 2.05) is 27.7 Å². The van der Waals surface area contributed by atoms with Gasteiger partial charge in [-0.15, -0.1) is 0 Å². The molecule has 0 radical (unpaired) electrons. The van der Waals surface area contributed by atoms with Crippen molar-refractivity contribution in [2.45, 2.75) is 84.5 Å². The Hall–Kier alpha value is -3.25. The van der Waals surface area contributed by atoms with Gasteiger partial charge in [-0.2, -0.15) is 13.2 Å². The molecule has 8 nitrogen and oxygen atoms in total. The highest BCUT2D eigenvalue weighted by molar-refractivity contribution is 6.03.